The van der Waals surface area contributed by atoms with Crippen molar-refractivity contribution in [3.05, 3.63) is 0 Å². The van der Waals surface area contributed by atoms with Crippen LogP contribution in [0.3, 0.4) is 0 Å². The summed E-state index contributed by atoms with van der Waals surface area (Å²) in [6.07, 6.45) is 3.48. The lowest BCUT2D eigenvalue weighted by molar-refractivity contribution is -0.137. The van der Waals surface area contributed by atoms with Crippen LogP contribution in [0.4, 0.5) is 0 Å². The van der Waals surface area contributed by atoms with Crippen LogP contribution in [0.5, 0.6) is 0 Å². The van der Waals surface area contributed by atoms with Gasteiger partial charge in [0.15, 0.2) is 0 Å². The van der Waals surface area contributed by atoms with E-state index in [9.17, 15) is 4.79 Å². The van der Waals surface area contributed by atoms with E-state index in [4.69, 9.17) is 9.84 Å². The Balaban J connectivity index is 1.85. The highest BCUT2D eigenvalue weighted by Gasteiger charge is 2.41. The quantitative estimate of drug-likeness (QED) is 0.828. The minimum absolute atomic E-state index is 0.0884. The summed E-state index contributed by atoms with van der Waals surface area (Å²) in [4.78, 5) is 12.8. The van der Waals surface area contributed by atoms with Crippen molar-refractivity contribution < 1.29 is 14.6 Å². The van der Waals surface area contributed by atoms with E-state index in [0.717, 1.165) is 31.6 Å². The average Bonchev–Trinajstić information content (AvgIpc) is 2.74. The van der Waals surface area contributed by atoms with Crippen LogP contribution in [-0.4, -0.2) is 59.3 Å². The maximum atomic E-state index is 10.6. The summed E-state index contributed by atoms with van der Waals surface area (Å²) in [6, 6.07) is 0.488. The van der Waals surface area contributed by atoms with Gasteiger partial charge in [-0.2, -0.15) is 11.8 Å². The molecule has 0 aromatic heterocycles. The second-order valence-corrected chi connectivity index (χ2v) is 6.21. The highest BCUT2D eigenvalue weighted by Crippen LogP contribution is 2.39. The Bertz CT molecular complexity index is 279. The molecule has 0 amide bonds. The van der Waals surface area contributed by atoms with Crippen molar-refractivity contribution in [2.45, 2.75) is 37.3 Å². The Morgan fingerprint density at radius 2 is 2.47 bits per heavy atom. The van der Waals surface area contributed by atoms with Crippen molar-refractivity contribution in [2.75, 3.05) is 31.7 Å². The zero-order chi connectivity index (χ0) is 12.3. The molecule has 2 saturated heterocycles. The summed E-state index contributed by atoms with van der Waals surface area (Å²) in [5, 5.41) is 8.71. The molecule has 5 heteroatoms. The molecule has 0 aromatic carbocycles. The van der Waals surface area contributed by atoms with Gasteiger partial charge in [0.05, 0.1) is 12.0 Å². The van der Waals surface area contributed by atoms with Crippen LogP contribution in [-0.2, 0) is 9.53 Å². The van der Waals surface area contributed by atoms with Gasteiger partial charge in [-0.1, -0.05) is 0 Å². The Hall–Kier alpha value is -0.260. The lowest BCUT2D eigenvalue weighted by Gasteiger charge is -2.41. The van der Waals surface area contributed by atoms with Gasteiger partial charge in [0.2, 0.25) is 0 Å². The van der Waals surface area contributed by atoms with Crippen molar-refractivity contribution in [2.24, 2.45) is 0 Å². The molecule has 0 saturated carbocycles. The predicted octanol–water partition coefficient (Wildman–Crippen LogP) is 1.45. The predicted molar refractivity (Wildman–Crippen MR) is 68.5 cm³/mol. The third-order valence-corrected chi connectivity index (χ3v) is 5.06. The number of aliphatic carboxylic acids is 1. The van der Waals surface area contributed by atoms with Gasteiger partial charge in [-0.25, -0.2) is 0 Å². The van der Waals surface area contributed by atoms with Gasteiger partial charge in [0.1, 0.15) is 0 Å². The third-order valence-electron chi connectivity index (χ3n) is 3.84. The van der Waals surface area contributed by atoms with Crippen LogP contribution < -0.4 is 0 Å². The number of rotatable bonds is 4. The number of hydrogen-bond donors (Lipinski definition) is 1. The molecular formula is C12H21NO3S. The molecule has 4 nitrogen and oxygen atoms in total. The van der Waals surface area contributed by atoms with E-state index >= 15 is 0 Å². The van der Waals surface area contributed by atoms with Gasteiger partial charge < -0.3 is 14.7 Å². The van der Waals surface area contributed by atoms with Crippen molar-refractivity contribution in [3.8, 4) is 0 Å². The first kappa shape index (κ1) is 13.2. The molecule has 2 unspecified atom stereocenters. The Morgan fingerprint density at radius 3 is 3.12 bits per heavy atom. The van der Waals surface area contributed by atoms with E-state index in [1.165, 1.54) is 5.75 Å². The highest BCUT2D eigenvalue weighted by atomic mass is 32.2. The van der Waals surface area contributed by atoms with Crippen molar-refractivity contribution in [3.63, 3.8) is 0 Å². The van der Waals surface area contributed by atoms with Crippen LogP contribution in [0.25, 0.3) is 0 Å². The first-order valence-corrected chi connectivity index (χ1v) is 7.40. The van der Waals surface area contributed by atoms with Crippen molar-refractivity contribution in [1.29, 1.82) is 0 Å². The largest absolute Gasteiger partial charge is 0.481 e. The van der Waals surface area contributed by atoms with Crippen LogP contribution in [0.1, 0.15) is 25.7 Å². The second-order valence-electron chi connectivity index (χ2n) is 5.11. The van der Waals surface area contributed by atoms with E-state index in [1.54, 1.807) is 0 Å². The molecular weight excluding hydrogens is 238 g/mol. The molecule has 1 spiro atoms. The first-order chi connectivity index (χ1) is 8.11. The number of carbonyl (C=O) groups is 1. The molecule has 2 fully saturated rings. The van der Waals surface area contributed by atoms with Crippen LogP contribution in [0.2, 0.25) is 0 Å². The maximum absolute atomic E-state index is 10.6. The number of ether oxygens (including phenoxy) is 1. The van der Waals surface area contributed by atoms with Gasteiger partial charge in [0, 0.05) is 24.9 Å². The number of thioether (sulfide) groups is 1. The fourth-order valence-corrected chi connectivity index (χ4v) is 4.07. The summed E-state index contributed by atoms with van der Waals surface area (Å²) in [6.45, 7) is 1.46. The Morgan fingerprint density at radius 1 is 1.65 bits per heavy atom. The summed E-state index contributed by atoms with van der Waals surface area (Å²) in [7, 11) is 2.04. The lowest BCUT2D eigenvalue weighted by atomic mass is 9.89. The van der Waals surface area contributed by atoms with E-state index < -0.39 is 5.97 Å². The summed E-state index contributed by atoms with van der Waals surface area (Å²) in [5.74, 6) is 1.59. The molecule has 0 bridgehead atoms. The molecule has 2 heterocycles. The molecule has 1 N–H and O–H groups in total. The Labute approximate surface area is 107 Å². The van der Waals surface area contributed by atoms with E-state index in [-0.39, 0.29) is 12.0 Å². The molecule has 17 heavy (non-hydrogen) atoms. The monoisotopic (exact) mass is 259 g/mol. The van der Waals surface area contributed by atoms with Crippen molar-refractivity contribution >= 4 is 17.7 Å². The fourth-order valence-electron chi connectivity index (χ4n) is 2.70. The maximum Gasteiger partial charge on any atom is 0.304 e. The second kappa shape index (κ2) is 5.59. The number of nitrogens with zero attached hydrogens (tertiary/aromatic N) is 1. The summed E-state index contributed by atoms with van der Waals surface area (Å²) < 4.78 is 5.97. The number of carboxylic acid groups (broad SMARTS) is 1. The molecule has 98 valence electrons. The zero-order valence-electron chi connectivity index (χ0n) is 10.4. The van der Waals surface area contributed by atoms with Crippen LogP contribution in [0.15, 0.2) is 0 Å². The average molecular weight is 259 g/mol. The zero-order valence-corrected chi connectivity index (χ0v) is 11.2. The highest BCUT2D eigenvalue weighted by molar-refractivity contribution is 7.99. The topological polar surface area (TPSA) is 49.8 Å². The molecule has 0 radical (unpaired) electrons. The van der Waals surface area contributed by atoms with Crippen LogP contribution in [0, 0.1) is 0 Å². The first-order valence-electron chi connectivity index (χ1n) is 6.25. The minimum atomic E-state index is -0.713. The van der Waals surface area contributed by atoms with E-state index in [0.29, 0.717) is 12.6 Å². The molecule has 2 atom stereocenters. The number of carboxylic acids is 1. The molecule has 2 rings (SSSR count). The van der Waals surface area contributed by atoms with Gasteiger partial charge in [0.25, 0.3) is 0 Å². The van der Waals surface area contributed by atoms with E-state index in [1.807, 2.05) is 18.8 Å². The third kappa shape index (κ3) is 3.36. The summed E-state index contributed by atoms with van der Waals surface area (Å²) in [5.41, 5.74) is 0.0884. The smallest absolute Gasteiger partial charge is 0.304 e. The fraction of sp³-hybridized carbons (Fsp3) is 0.917. The van der Waals surface area contributed by atoms with Crippen LogP contribution >= 0.6 is 11.8 Å². The standard InChI is InChI=1S/C12H21NO3S/c1-13(5-2-11(14)15)10-3-6-16-12(8-10)4-7-17-9-12/h10H,2-9H2,1H3,(H,14,15). The SMILES string of the molecule is CN(CCC(=O)O)C1CCOC2(CCSC2)C1. The lowest BCUT2D eigenvalue weighted by Crippen LogP contribution is -2.48. The molecule has 0 aromatic rings. The minimum Gasteiger partial charge on any atom is -0.481 e. The summed E-state index contributed by atoms with van der Waals surface area (Å²) >= 11 is 1.97. The van der Waals surface area contributed by atoms with Gasteiger partial charge >= 0.3 is 5.97 Å². The van der Waals surface area contributed by atoms with Crippen molar-refractivity contribution in [1.82, 2.24) is 4.90 Å². The van der Waals surface area contributed by atoms with E-state index in [2.05, 4.69) is 4.90 Å². The normalized spacial score (nSPS) is 33.4. The molecule has 0 aliphatic carbocycles. The Kier molecular flexibility index (Phi) is 4.33. The van der Waals surface area contributed by atoms with Gasteiger partial charge in [-0.05, 0) is 32.1 Å². The molecule has 2 aliphatic heterocycles. The van der Waals surface area contributed by atoms with Gasteiger partial charge in [-0.3, -0.25) is 4.79 Å². The molecule has 2 aliphatic rings. The number of hydrogen-bond acceptors (Lipinski definition) is 4. The van der Waals surface area contributed by atoms with Gasteiger partial charge in [-0.15, -0.1) is 0 Å².